The first-order chi connectivity index (χ1) is 17.9. The molecule has 0 saturated heterocycles. The van der Waals surface area contributed by atoms with Gasteiger partial charge in [-0.2, -0.15) is 0 Å². The fourth-order valence-corrected chi connectivity index (χ4v) is 4.82. The van der Waals surface area contributed by atoms with Gasteiger partial charge in [0.15, 0.2) is 22.5 Å². The minimum Gasteiger partial charge on any atom is -0.493 e. The van der Waals surface area contributed by atoms with Gasteiger partial charge in [0.25, 0.3) is 5.91 Å². The smallest absolute Gasteiger partial charge is 0.251 e. The molecule has 0 aliphatic carbocycles. The SMILES string of the molecule is COc1ccc(C(=O)NCc2nnc(SCC(=O)Nc3nnc(C)s3)n2-c2cccc(Cl)c2)cc1OC. The van der Waals surface area contributed by atoms with Crippen LogP contribution in [-0.4, -0.2) is 56.7 Å². The zero-order valence-electron chi connectivity index (χ0n) is 20.0. The van der Waals surface area contributed by atoms with Crippen LogP contribution in [0.25, 0.3) is 5.69 Å². The van der Waals surface area contributed by atoms with Crippen LogP contribution < -0.4 is 20.1 Å². The molecule has 2 amide bonds. The van der Waals surface area contributed by atoms with Crippen molar-refractivity contribution in [2.45, 2.75) is 18.6 Å². The van der Waals surface area contributed by atoms with E-state index in [9.17, 15) is 9.59 Å². The number of anilines is 1. The molecular formula is C23H22ClN7O4S2. The van der Waals surface area contributed by atoms with Crippen molar-refractivity contribution >= 4 is 51.6 Å². The van der Waals surface area contributed by atoms with Crippen molar-refractivity contribution in [3.63, 3.8) is 0 Å². The third-order valence-corrected chi connectivity index (χ3v) is 6.84. The first-order valence-electron chi connectivity index (χ1n) is 10.8. The van der Waals surface area contributed by atoms with E-state index in [1.807, 2.05) is 6.07 Å². The number of carbonyl (C=O) groups is 2. The van der Waals surface area contributed by atoms with Crippen molar-refractivity contribution < 1.29 is 19.1 Å². The highest BCUT2D eigenvalue weighted by Gasteiger charge is 2.18. The zero-order valence-corrected chi connectivity index (χ0v) is 22.4. The van der Waals surface area contributed by atoms with Crippen molar-refractivity contribution in [3.8, 4) is 17.2 Å². The molecule has 37 heavy (non-hydrogen) atoms. The average Bonchev–Trinajstić information content (AvgIpc) is 3.50. The summed E-state index contributed by atoms with van der Waals surface area (Å²) in [6.07, 6.45) is 0. The number of methoxy groups -OCH3 is 2. The molecule has 0 unspecified atom stereocenters. The van der Waals surface area contributed by atoms with Crippen LogP contribution in [0.15, 0.2) is 47.6 Å². The molecule has 0 saturated carbocycles. The summed E-state index contributed by atoms with van der Waals surface area (Å²) in [4.78, 5) is 25.3. The third-order valence-electron chi connectivity index (χ3n) is 4.92. The molecule has 192 valence electrons. The van der Waals surface area contributed by atoms with Gasteiger partial charge in [-0.05, 0) is 43.3 Å². The fraction of sp³-hybridized carbons (Fsp3) is 0.217. The molecule has 0 radical (unpaired) electrons. The summed E-state index contributed by atoms with van der Waals surface area (Å²) < 4.78 is 12.2. The number of thioether (sulfide) groups is 1. The summed E-state index contributed by atoms with van der Waals surface area (Å²) in [5.41, 5.74) is 1.08. The summed E-state index contributed by atoms with van der Waals surface area (Å²) in [6, 6.07) is 12.0. The van der Waals surface area contributed by atoms with Crippen molar-refractivity contribution in [2.24, 2.45) is 0 Å². The molecule has 2 aromatic heterocycles. The van der Waals surface area contributed by atoms with Crippen LogP contribution in [0, 0.1) is 6.92 Å². The van der Waals surface area contributed by atoms with Crippen molar-refractivity contribution in [3.05, 3.63) is 63.9 Å². The van der Waals surface area contributed by atoms with Crippen LogP contribution in [0.4, 0.5) is 5.13 Å². The molecule has 4 rings (SSSR count). The number of rotatable bonds is 10. The van der Waals surface area contributed by atoms with Crippen LogP contribution in [0.2, 0.25) is 5.02 Å². The molecular weight excluding hydrogens is 538 g/mol. The number of hydrogen-bond acceptors (Lipinski definition) is 10. The third kappa shape index (κ3) is 6.56. The van der Waals surface area contributed by atoms with Gasteiger partial charge < -0.3 is 14.8 Å². The molecule has 0 bridgehead atoms. The number of nitrogens with one attached hydrogen (secondary N) is 2. The monoisotopic (exact) mass is 559 g/mol. The lowest BCUT2D eigenvalue weighted by molar-refractivity contribution is -0.113. The van der Waals surface area contributed by atoms with E-state index in [0.717, 1.165) is 5.01 Å². The number of amides is 2. The lowest BCUT2D eigenvalue weighted by Gasteiger charge is -2.12. The molecule has 2 N–H and O–H groups in total. The minimum absolute atomic E-state index is 0.0648. The number of nitrogens with zero attached hydrogens (tertiary/aromatic N) is 5. The molecule has 0 fully saturated rings. The Labute approximate surface area is 225 Å². The van der Waals surface area contributed by atoms with E-state index in [1.165, 1.54) is 37.3 Å². The highest BCUT2D eigenvalue weighted by atomic mass is 35.5. The Morgan fingerprint density at radius 3 is 2.57 bits per heavy atom. The predicted molar refractivity (Wildman–Crippen MR) is 141 cm³/mol. The second-order valence-corrected chi connectivity index (χ2v) is 9.99. The highest BCUT2D eigenvalue weighted by Crippen LogP contribution is 2.28. The van der Waals surface area contributed by atoms with E-state index in [-0.39, 0.29) is 24.1 Å². The first kappa shape index (κ1) is 26.4. The molecule has 2 heterocycles. The molecule has 11 nitrogen and oxygen atoms in total. The minimum atomic E-state index is -0.331. The summed E-state index contributed by atoms with van der Waals surface area (Å²) in [6.45, 7) is 1.88. The number of hydrogen-bond donors (Lipinski definition) is 2. The molecule has 0 aliphatic rings. The summed E-state index contributed by atoms with van der Waals surface area (Å²) >= 11 is 8.70. The zero-order chi connectivity index (χ0) is 26.4. The second kappa shape index (κ2) is 12.0. The maximum absolute atomic E-state index is 12.8. The molecule has 0 spiro atoms. The van der Waals surface area contributed by atoms with Crippen molar-refractivity contribution in [1.29, 1.82) is 0 Å². The van der Waals surface area contributed by atoms with Gasteiger partial charge in [-0.25, -0.2) is 0 Å². The number of aryl methyl sites for hydroxylation is 1. The van der Waals surface area contributed by atoms with Crippen molar-refractivity contribution in [1.82, 2.24) is 30.3 Å². The lowest BCUT2D eigenvalue weighted by Crippen LogP contribution is -2.24. The van der Waals surface area contributed by atoms with Gasteiger partial charge in [-0.15, -0.1) is 20.4 Å². The van der Waals surface area contributed by atoms with Gasteiger partial charge in [0, 0.05) is 10.6 Å². The number of carbonyl (C=O) groups excluding carboxylic acids is 2. The molecule has 2 aromatic carbocycles. The number of halogens is 1. The Kier molecular flexibility index (Phi) is 8.58. The van der Waals surface area contributed by atoms with Gasteiger partial charge in [0.05, 0.1) is 32.2 Å². The van der Waals surface area contributed by atoms with E-state index in [4.69, 9.17) is 21.1 Å². The van der Waals surface area contributed by atoms with E-state index >= 15 is 0 Å². The molecule has 4 aromatic rings. The van der Waals surface area contributed by atoms with Crippen LogP contribution in [-0.2, 0) is 11.3 Å². The van der Waals surface area contributed by atoms with Crippen LogP contribution in [0.5, 0.6) is 11.5 Å². The predicted octanol–water partition coefficient (Wildman–Crippen LogP) is 3.76. The number of benzene rings is 2. The second-order valence-electron chi connectivity index (χ2n) is 7.43. The summed E-state index contributed by atoms with van der Waals surface area (Å²) in [5.74, 6) is 0.894. The van der Waals surface area contributed by atoms with Crippen LogP contribution in [0.1, 0.15) is 21.2 Å². The Hall–Kier alpha value is -3.68. The number of ether oxygens (including phenoxy) is 2. The van der Waals surface area contributed by atoms with Crippen LogP contribution in [0.3, 0.4) is 0 Å². The standard InChI is InChI=1S/C23H22ClN7O4S2/c1-13-27-29-22(37-13)26-20(32)12-36-23-30-28-19(31(23)16-6-4-5-15(24)10-16)11-25-21(33)14-7-8-17(34-2)18(9-14)35-3/h4-10H,11-12H2,1-3H3,(H,25,33)(H,26,29,32). The molecule has 0 aliphatic heterocycles. The van der Waals surface area contributed by atoms with Gasteiger partial charge in [0.1, 0.15) is 5.01 Å². The van der Waals surface area contributed by atoms with Gasteiger partial charge in [0.2, 0.25) is 11.0 Å². The maximum Gasteiger partial charge on any atom is 0.251 e. The van der Waals surface area contributed by atoms with E-state index in [0.29, 0.717) is 43.9 Å². The van der Waals surface area contributed by atoms with E-state index in [2.05, 4.69) is 31.0 Å². The Morgan fingerprint density at radius 1 is 1.05 bits per heavy atom. The van der Waals surface area contributed by atoms with Gasteiger partial charge in [-0.1, -0.05) is 40.8 Å². The first-order valence-corrected chi connectivity index (χ1v) is 13.0. The largest absolute Gasteiger partial charge is 0.493 e. The highest BCUT2D eigenvalue weighted by molar-refractivity contribution is 7.99. The van der Waals surface area contributed by atoms with Crippen molar-refractivity contribution in [2.75, 3.05) is 25.3 Å². The topological polar surface area (TPSA) is 133 Å². The fourth-order valence-electron chi connectivity index (χ4n) is 3.25. The normalized spacial score (nSPS) is 10.7. The van der Waals surface area contributed by atoms with Gasteiger partial charge in [-0.3, -0.25) is 19.5 Å². The van der Waals surface area contributed by atoms with Gasteiger partial charge >= 0.3 is 0 Å². The quantitative estimate of drug-likeness (QED) is 0.278. The Balaban J connectivity index is 1.51. The Morgan fingerprint density at radius 2 is 1.86 bits per heavy atom. The summed E-state index contributed by atoms with van der Waals surface area (Å²) in [7, 11) is 3.03. The van der Waals surface area contributed by atoms with E-state index < -0.39 is 0 Å². The number of aromatic nitrogens is 5. The molecule has 14 heteroatoms. The molecule has 0 atom stereocenters. The maximum atomic E-state index is 12.8. The summed E-state index contributed by atoms with van der Waals surface area (Å²) in [5, 5.41) is 24.0. The Bertz CT molecular complexity index is 1430. The lowest BCUT2D eigenvalue weighted by atomic mass is 10.2. The average molecular weight is 560 g/mol. The van der Waals surface area contributed by atoms with Crippen LogP contribution >= 0.6 is 34.7 Å². The van der Waals surface area contributed by atoms with E-state index in [1.54, 1.807) is 47.9 Å².